The summed E-state index contributed by atoms with van der Waals surface area (Å²) in [4.78, 5) is 20.9. The summed E-state index contributed by atoms with van der Waals surface area (Å²) in [6.07, 6.45) is 2.32. The van der Waals surface area contributed by atoms with E-state index in [0.29, 0.717) is 18.6 Å². The molecule has 1 fully saturated rings. The number of hydrogen-bond acceptors (Lipinski definition) is 8. The number of nitrogens with one attached hydrogen (secondary N) is 1. The molecule has 0 heterocycles. The molecule has 30 heavy (non-hydrogen) atoms. The van der Waals surface area contributed by atoms with Crippen molar-refractivity contribution >= 4 is 32.6 Å². The monoisotopic (exact) mass is 432 g/mol. The summed E-state index contributed by atoms with van der Waals surface area (Å²) in [6, 6.07) is 9.72. The van der Waals surface area contributed by atoms with Crippen molar-refractivity contribution in [2.45, 2.75) is 42.8 Å². The molecule has 0 spiro atoms. The number of nitro benzene ring substituents is 2. The van der Waals surface area contributed by atoms with Gasteiger partial charge in [-0.25, -0.2) is 8.42 Å². The van der Waals surface area contributed by atoms with Crippen LogP contribution in [0.5, 0.6) is 0 Å². The Morgan fingerprint density at radius 1 is 1.03 bits per heavy atom. The summed E-state index contributed by atoms with van der Waals surface area (Å²) in [5.74, 6) is 0. The number of non-ortho nitro benzene ring substituents is 1. The Morgan fingerprint density at radius 3 is 2.37 bits per heavy atom. The Hall–Kier alpha value is -3.34. The minimum absolute atomic E-state index is 0.0462. The largest absolute Gasteiger partial charge is 0.301 e. The first kappa shape index (κ1) is 21.4. The van der Waals surface area contributed by atoms with Crippen LogP contribution >= 0.6 is 0 Å². The first-order chi connectivity index (χ1) is 14.2. The lowest BCUT2D eigenvalue weighted by atomic mass is 9.98. The summed E-state index contributed by atoms with van der Waals surface area (Å²) in [5.41, 5.74) is 2.90. The van der Waals surface area contributed by atoms with Crippen LogP contribution in [0.3, 0.4) is 0 Å². The Balaban J connectivity index is 1.93. The van der Waals surface area contributed by atoms with Crippen molar-refractivity contribution in [3.63, 3.8) is 0 Å². The molecule has 1 atom stereocenters. The smallest absolute Gasteiger partial charge is 0.272 e. The summed E-state index contributed by atoms with van der Waals surface area (Å²) < 4.78 is 26.2. The third kappa shape index (κ3) is 4.46. The molecule has 0 amide bonds. The van der Waals surface area contributed by atoms with Crippen molar-refractivity contribution in [1.82, 2.24) is 0 Å². The van der Waals surface area contributed by atoms with Gasteiger partial charge in [-0.2, -0.15) is 5.10 Å². The number of benzene rings is 2. The van der Waals surface area contributed by atoms with Gasteiger partial charge in [0, 0.05) is 6.07 Å². The van der Waals surface area contributed by atoms with Crippen molar-refractivity contribution in [1.29, 1.82) is 0 Å². The highest BCUT2D eigenvalue weighted by atomic mass is 32.2. The van der Waals surface area contributed by atoms with Gasteiger partial charge in [-0.1, -0.05) is 24.1 Å². The number of sulfone groups is 1. The Morgan fingerprint density at radius 2 is 1.73 bits per heavy atom. The maximum Gasteiger partial charge on any atom is 0.301 e. The number of nitrogens with zero attached hydrogens (tertiary/aromatic N) is 3. The fraction of sp³-hybridized carbons (Fsp3) is 0.316. The maximum absolute atomic E-state index is 13.1. The molecule has 0 bridgehead atoms. The first-order valence-electron chi connectivity index (χ1n) is 9.26. The van der Waals surface area contributed by atoms with Gasteiger partial charge >= 0.3 is 5.69 Å². The SMILES string of the molecule is Cc1ccc(S(=O)(=O)C2CCCC/C2=N\Nc2ccc([N+](=O)[O-])cc2[N+](=O)[O-])cc1. The maximum atomic E-state index is 13.1. The van der Waals surface area contributed by atoms with Crippen LogP contribution in [-0.4, -0.2) is 29.2 Å². The second kappa shape index (κ2) is 8.57. The molecule has 1 aliphatic rings. The Bertz CT molecular complexity index is 1110. The molecule has 1 saturated carbocycles. The molecule has 158 valence electrons. The Labute approximate surface area is 172 Å². The lowest BCUT2D eigenvalue weighted by Gasteiger charge is -2.24. The quantitative estimate of drug-likeness (QED) is 0.536. The lowest BCUT2D eigenvalue weighted by molar-refractivity contribution is -0.393. The number of aryl methyl sites for hydroxylation is 1. The number of rotatable bonds is 6. The molecule has 11 heteroatoms. The van der Waals surface area contributed by atoms with E-state index >= 15 is 0 Å². The minimum atomic E-state index is -3.67. The predicted octanol–water partition coefficient (Wildman–Crippen LogP) is 4.00. The van der Waals surface area contributed by atoms with Crippen LogP contribution in [0.1, 0.15) is 31.2 Å². The summed E-state index contributed by atoms with van der Waals surface area (Å²) in [5, 5.41) is 25.5. The van der Waals surface area contributed by atoms with Crippen LogP contribution in [0, 0.1) is 27.2 Å². The van der Waals surface area contributed by atoms with Crippen molar-refractivity contribution < 1.29 is 18.3 Å². The summed E-state index contributed by atoms with van der Waals surface area (Å²) >= 11 is 0. The van der Waals surface area contributed by atoms with E-state index in [2.05, 4.69) is 10.5 Å². The van der Waals surface area contributed by atoms with Crippen LogP contribution in [-0.2, 0) is 9.84 Å². The topological polar surface area (TPSA) is 145 Å². The van der Waals surface area contributed by atoms with Crippen LogP contribution in [0.4, 0.5) is 17.1 Å². The molecule has 1 unspecified atom stereocenters. The highest BCUT2D eigenvalue weighted by Gasteiger charge is 2.34. The molecule has 2 aromatic rings. The molecule has 3 rings (SSSR count). The van der Waals surface area contributed by atoms with Crippen molar-refractivity contribution in [3.05, 3.63) is 68.3 Å². The van der Waals surface area contributed by atoms with Gasteiger partial charge in [-0.15, -0.1) is 0 Å². The van der Waals surface area contributed by atoms with Crippen molar-refractivity contribution in [2.75, 3.05) is 5.43 Å². The van der Waals surface area contributed by atoms with E-state index < -0.39 is 36.3 Å². The Kier molecular flexibility index (Phi) is 6.11. The zero-order chi connectivity index (χ0) is 21.9. The summed E-state index contributed by atoms with van der Waals surface area (Å²) in [6.45, 7) is 1.87. The van der Waals surface area contributed by atoms with Gasteiger partial charge in [0.1, 0.15) is 10.9 Å². The predicted molar refractivity (Wildman–Crippen MR) is 111 cm³/mol. The van der Waals surface area contributed by atoms with Gasteiger partial charge in [0.25, 0.3) is 5.69 Å². The molecule has 0 radical (unpaired) electrons. The number of hydrazone groups is 1. The second-order valence-corrected chi connectivity index (χ2v) is 9.15. The number of nitro groups is 2. The molecule has 10 nitrogen and oxygen atoms in total. The van der Waals surface area contributed by atoms with Gasteiger partial charge in [-0.3, -0.25) is 25.7 Å². The average Bonchev–Trinajstić information content (AvgIpc) is 2.72. The molecule has 1 N–H and O–H groups in total. The minimum Gasteiger partial charge on any atom is -0.272 e. The van der Waals surface area contributed by atoms with Gasteiger partial charge in [0.05, 0.1) is 26.5 Å². The van der Waals surface area contributed by atoms with Gasteiger partial charge in [0.2, 0.25) is 0 Å². The molecular weight excluding hydrogens is 412 g/mol. The molecule has 2 aromatic carbocycles. The van der Waals surface area contributed by atoms with E-state index in [-0.39, 0.29) is 10.6 Å². The van der Waals surface area contributed by atoms with Crippen LogP contribution in [0.2, 0.25) is 0 Å². The molecule has 1 aliphatic carbocycles. The zero-order valence-corrected chi connectivity index (χ0v) is 17.0. The molecule has 0 aliphatic heterocycles. The van der Waals surface area contributed by atoms with Crippen molar-refractivity contribution in [2.24, 2.45) is 5.10 Å². The fourth-order valence-corrected chi connectivity index (χ4v) is 5.18. The van der Waals surface area contributed by atoms with E-state index in [1.165, 1.54) is 6.07 Å². The van der Waals surface area contributed by atoms with Gasteiger partial charge in [-0.05, 0) is 44.4 Å². The molecule has 0 saturated heterocycles. The third-order valence-corrected chi connectivity index (χ3v) is 7.14. The lowest BCUT2D eigenvalue weighted by Crippen LogP contribution is -2.34. The standard InChI is InChI=1S/C19H20N4O6S/c1-13-6-9-15(10-7-13)30(28,29)19-5-3-2-4-17(19)21-20-16-11-8-14(22(24)25)12-18(16)23(26)27/h6-12,19-20H,2-5H2,1H3/b21-17+. The highest BCUT2D eigenvalue weighted by Crippen LogP contribution is 2.31. The van der Waals surface area contributed by atoms with Gasteiger partial charge < -0.3 is 0 Å². The molecule has 0 aromatic heterocycles. The fourth-order valence-electron chi connectivity index (χ4n) is 3.33. The van der Waals surface area contributed by atoms with Gasteiger partial charge in [0.15, 0.2) is 9.84 Å². The summed E-state index contributed by atoms with van der Waals surface area (Å²) in [7, 11) is -3.67. The average molecular weight is 432 g/mol. The second-order valence-electron chi connectivity index (χ2n) is 7.02. The zero-order valence-electron chi connectivity index (χ0n) is 16.1. The van der Waals surface area contributed by atoms with Crippen LogP contribution < -0.4 is 5.43 Å². The van der Waals surface area contributed by atoms with E-state index in [1.807, 2.05) is 6.92 Å². The number of hydrogen-bond donors (Lipinski definition) is 1. The van der Waals surface area contributed by atoms with E-state index in [4.69, 9.17) is 0 Å². The highest BCUT2D eigenvalue weighted by molar-refractivity contribution is 7.92. The van der Waals surface area contributed by atoms with E-state index in [1.54, 1.807) is 24.3 Å². The van der Waals surface area contributed by atoms with E-state index in [9.17, 15) is 28.6 Å². The van der Waals surface area contributed by atoms with Crippen molar-refractivity contribution in [3.8, 4) is 0 Å². The van der Waals surface area contributed by atoms with Crippen LogP contribution in [0.15, 0.2) is 52.5 Å². The third-order valence-electron chi connectivity index (χ3n) is 4.95. The first-order valence-corrected chi connectivity index (χ1v) is 10.8. The normalized spacial score (nSPS) is 18.2. The van der Waals surface area contributed by atoms with Crippen LogP contribution in [0.25, 0.3) is 0 Å². The number of anilines is 1. The molecular formula is C19H20N4O6S. The van der Waals surface area contributed by atoms with E-state index in [0.717, 1.165) is 30.5 Å².